The summed E-state index contributed by atoms with van der Waals surface area (Å²) < 4.78 is 1.72. The fourth-order valence-corrected chi connectivity index (χ4v) is 2.57. The molecular weight excluding hydrogens is 290 g/mol. The first-order chi connectivity index (χ1) is 10.0. The van der Waals surface area contributed by atoms with E-state index in [0.29, 0.717) is 11.6 Å². The number of carboxylic acids is 1. The molecular formula is C15H18ClN3O2. The van der Waals surface area contributed by atoms with Crippen molar-refractivity contribution in [3.8, 4) is 0 Å². The quantitative estimate of drug-likeness (QED) is 0.891. The molecule has 1 heterocycles. The minimum absolute atomic E-state index is 0.0903. The van der Waals surface area contributed by atoms with E-state index in [4.69, 9.17) is 16.7 Å². The zero-order valence-electron chi connectivity index (χ0n) is 12.1. The summed E-state index contributed by atoms with van der Waals surface area (Å²) in [6.07, 6.45) is 0.747. The van der Waals surface area contributed by atoms with Crippen LogP contribution in [0.4, 0.5) is 5.69 Å². The molecule has 2 rings (SSSR count). The van der Waals surface area contributed by atoms with Gasteiger partial charge in [-0.1, -0.05) is 36.7 Å². The lowest BCUT2D eigenvalue weighted by molar-refractivity contribution is -0.135. The van der Waals surface area contributed by atoms with Crippen LogP contribution < -0.4 is 4.90 Å². The van der Waals surface area contributed by atoms with E-state index in [1.807, 2.05) is 44.3 Å². The largest absolute Gasteiger partial charge is 0.480 e. The van der Waals surface area contributed by atoms with Gasteiger partial charge in [-0.2, -0.15) is 5.10 Å². The first-order valence-electron chi connectivity index (χ1n) is 6.75. The third-order valence-corrected chi connectivity index (χ3v) is 3.73. The van der Waals surface area contributed by atoms with E-state index in [2.05, 4.69) is 5.10 Å². The van der Waals surface area contributed by atoms with E-state index in [9.17, 15) is 4.79 Å². The second-order valence-corrected chi connectivity index (χ2v) is 5.15. The van der Waals surface area contributed by atoms with Crippen LogP contribution in [0.1, 0.15) is 18.3 Å². The lowest BCUT2D eigenvalue weighted by atomic mass is 10.2. The summed E-state index contributed by atoms with van der Waals surface area (Å²) in [5, 5.41) is 14.1. The average Bonchev–Trinajstić information content (AvgIpc) is 2.74. The topological polar surface area (TPSA) is 58.4 Å². The van der Waals surface area contributed by atoms with Crippen LogP contribution in [-0.4, -0.2) is 27.4 Å². The fourth-order valence-electron chi connectivity index (χ4n) is 2.21. The Balaban J connectivity index is 2.31. The number of hydrogen-bond donors (Lipinski definition) is 1. The predicted octanol–water partition coefficient (Wildman–Crippen LogP) is 2.73. The number of aromatic nitrogens is 2. The first kappa shape index (κ1) is 15.4. The Morgan fingerprint density at radius 3 is 2.57 bits per heavy atom. The molecule has 1 aromatic heterocycles. The summed E-state index contributed by atoms with van der Waals surface area (Å²) >= 11 is 6.34. The molecule has 1 N–H and O–H groups in total. The van der Waals surface area contributed by atoms with Gasteiger partial charge in [-0.3, -0.25) is 9.48 Å². The summed E-state index contributed by atoms with van der Waals surface area (Å²) in [7, 11) is 1.82. The number of aryl methyl sites for hydroxylation is 2. The molecule has 112 valence electrons. The number of para-hydroxylation sites is 1. The lowest BCUT2D eigenvalue weighted by Gasteiger charge is -2.23. The highest BCUT2D eigenvalue weighted by molar-refractivity contribution is 6.31. The van der Waals surface area contributed by atoms with Crippen LogP contribution in [0, 0.1) is 0 Å². The molecule has 5 nitrogen and oxygen atoms in total. The summed E-state index contributed by atoms with van der Waals surface area (Å²) in [5.41, 5.74) is 2.49. The van der Waals surface area contributed by atoms with Gasteiger partial charge in [0.1, 0.15) is 6.54 Å². The third kappa shape index (κ3) is 3.55. The molecule has 0 aliphatic heterocycles. The zero-order chi connectivity index (χ0) is 15.4. The number of hydrogen-bond acceptors (Lipinski definition) is 3. The molecule has 21 heavy (non-hydrogen) atoms. The van der Waals surface area contributed by atoms with E-state index in [1.165, 1.54) is 0 Å². The molecule has 6 heteroatoms. The van der Waals surface area contributed by atoms with Gasteiger partial charge in [0.2, 0.25) is 0 Å². The van der Waals surface area contributed by atoms with E-state index < -0.39 is 5.97 Å². The minimum atomic E-state index is -0.882. The van der Waals surface area contributed by atoms with Gasteiger partial charge < -0.3 is 10.0 Å². The Kier molecular flexibility index (Phi) is 4.85. The Morgan fingerprint density at radius 2 is 2.05 bits per heavy atom. The number of benzene rings is 1. The maximum atomic E-state index is 11.1. The van der Waals surface area contributed by atoms with Crippen LogP contribution in [0.25, 0.3) is 0 Å². The van der Waals surface area contributed by atoms with Crippen molar-refractivity contribution in [2.45, 2.75) is 19.9 Å². The van der Waals surface area contributed by atoms with E-state index in [-0.39, 0.29) is 6.54 Å². The minimum Gasteiger partial charge on any atom is -0.480 e. The third-order valence-electron chi connectivity index (χ3n) is 3.29. The van der Waals surface area contributed by atoms with E-state index in [1.54, 1.807) is 9.58 Å². The summed E-state index contributed by atoms with van der Waals surface area (Å²) in [6, 6.07) is 9.43. The summed E-state index contributed by atoms with van der Waals surface area (Å²) in [6.45, 7) is 2.30. The van der Waals surface area contributed by atoms with Crippen molar-refractivity contribution in [2.24, 2.45) is 7.05 Å². The molecule has 0 atom stereocenters. The molecule has 0 aliphatic carbocycles. The van der Waals surface area contributed by atoms with Crippen molar-refractivity contribution in [1.29, 1.82) is 0 Å². The molecule has 0 saturated heterocycles. The molecule has 0 bridgehead atoms. The number of carbonyl (C=O) groups is 1. The highest BCUT2D eigenvalue weighted by Crippen LogP contribution is 2.24. The highest BCUT2D eigenvalue weighted by Gasteiger charge is 2.18. The maximum absolute atomic E-state index is 11.1. The molecule has 0 unspecified atom stereocenters. The molecule has 0 fully saturated rings. The highest BCUT2D eigenvalue weighted by atomic mass is 35.5. The van der Waals surface area contributed by atoms with Crippen LogP contribution >= 0.6 is 11.6 Å². The molecule has 1 aromatic carbocycles. The number of halogens is 1. The standard InChI is InChI=1S/C15H18ClN3O2/c1-3-12-15(16)13(18(2)17-12)9-19(10-14(20)21)11-7-5-4-6-8-11/h4-8H,3,9-10H2,1-2H3,(H,20,21). The molecule has 0 aliphatic rings. The van der Waals surface area contributed by atoms with Crippen LogP contribution in [0.3, 0.4) is 0 Å². The van der Waals surface area contributed by atoms with Crippen molar-refractivity contribution < 1.29 is 9.90 Å². The number of rotatable bonds is 6. The molecule has 0 spiro atoms. The van der Waals surface area contributed by atoms with Gasteiger partial charge in [0, 0.05) is 12.7 Å². The zero-order valence-corrected chi connectivity index (χ0v) is 12.8. The average molecular weight is 308 g/mol. The predicted molar refractivity (Wildman–Crippen MR) is 82.7 cm³/mol. The van der Waals surface area contributed by atoms with Gasteiger partial charge in [0.05, 0.1) is 23.0 Å². The van der Waals surface area contributed by atoms with Crippen molar-refractivity contribution in [1.82, 2.24) is 9.78 Å². The van der Waals surface area contributed by atoms with Crippen molar-refractivity contribution in [3.05, 3.63) is 46.7 Å². The fraction of sp³-hybridized carbons (Fsp3) is 0.333. The SMILES string of the molecule is CCc1nn(C)c(CN(CC(=O)O)c2ccccc2)c1Cl. The maximum Gasteiger partial charge on any atom is 0.323 e. The van der Waals surface area contributed by atoms with Gasteiger partial charge in [0.25, 0.3) is 0 Å². The lowest BCUT2D eigenvalue weighted by Crippen LogP contribution is -2.30. The van der Waals surface area contributed by atoms with Gasteiger partial charge in [-0.05, 0) is 18.6 Å². The van der Waals surface area contributed by atoms with E-state index in [0.717, 1.165) is 23.5 Å². The van der Waals surface area contributed by atoms with Crippen LogP contribution in [0.15, 0.2) is 30.3 Å². The Hall–Kier alpha value is -2.01. The number of anilines is 1. The van der Waals surface area contributed by atoms with Crippen molar-refractivity contribution >= 4 is 23.3 Å². The second kappa shape index (κ2) is 6.63. The Labute approximate surface area is 128 Å². The Morgan fingerprint density at radius 1 is 1.38 bits per heavy atom. The van der Waals surface area contributed by atoms with E-state index >= 15 is 0 Å². The van der Waals surface area contributed by atoms with Crippen LogP contribution in [0.2, 0.25) is 5.02 Å². The number of carboxylic acid groups (broad SMARTS) is 1. The second-order valence-electron chi connectivity index (χ2n) is 4.77. The monoisotopic (exact) mass is 307 g/mol. The molecule has 0 saturated carbocycles. The van der Waals surface area contributed by atoms with Crippen LogP contribution in [0.5, 0.6) is 0 Å². The van der Waals surface area contributed by atoms with Gasteiger partial charge in [-0.25, -0.2) is 0 Å². The van der Waals surface area contributed by atoms with Gasteiger partial charge in [0.15, 0.2) is 0 Å². The molecule has 0 radical (unpaired) electrons. The van der Waals surface area contributed by atoms with Crippen molar-refractivity contribution in [3.63, 3.8) is 0 Å². The van der Waals surface area contributed by atoms with Gasteiger partial charge >= 0.3 is 5.97 Å². The van der Waals surface area contributed by atoms with Gasteiger partial charge in [-0.15, -0.1) is 0 Å². The summed E-state index contributed by atoms with van der Waals surface area (Å²) in [5.74, 6) is -0.882. The number of nitrogens with zero attached hydrogens (tertiary/aromatic N) is 3. The normalized spacial score (nSPS) is 10.6. The van der Waals surface area contributed by atoms with Crippen LogP contribution in [-0.2, 0) is 24.8 Å². The summed E-state index contributed by atoms with van der Waals surface area (Å²) in [4.78, 5) is 12.9. The number of aliphatic carboxylic acids is 1. The van der Waals surface area contributed by atoms with Crippen molar-refractivity contribution in [2.75, 3.05) is 11.4 Å². The first-order valence-corrected chi connectivity index (χ1v) is 7.12. The smallest absolute Gasteiger partial charge is 0.323 e. The molecule has 2 aromatic rings. The Bertz CT molecular complexity index is 625. The molecule has 0 amide bonds.